The number of thiazole rings is 1. The van der Waals surface area contributed by atoms with Gasteiger partial charge in [-0.1, -0.05) is 48.5 Å². The second kappa shape index (κ2) is 8.82. The van der Waals surface area contributed by atoms with E-state index in [9.17, 15) is 5.11 Å². The van der Waals surface area contributed by atoms with E-state index in [2.05, 4.69) is 34.1 Å². The lowest BCUT2D eigenvalue weighted by atomic mass is 10.2. The maximum Gasteiger partial charge on any atom is 0.206 e. The molecule has 0 unspecified atom stereocenters. The second-order valence-corrected chi connectivity index (χ2v) is 7.90. The SMILES string of the molecule is Oc1ccccc1C=Nn1c(-c2cccs2)csc1=NCCc1ccccc1. The van der Waals surface area contributed by atoms with Gasteiger partial charge in [-0.15, -0.1) is 22.7 Å². The highest BCUT2D eigenvalue weighted by Crippen LogP contribution is 2.25. The number of rotatable bonds is 6. The molecule has 0 saturated carbocycles. The third-order valence-electron chi connectivity index (χ3n) is 4.20. The number of para-hydroxylation sites is 1. The standard InChI is InChI=1S/C22H19N3OS2/c26-20-10-5-4-9-18(20)15-24-25-19(21-11-6-14-27-21)16-28-22(25)23-13-12-17-7-2-1-3-8-17/h1-11,14-16,26H,12-13H2. The van der Waals surface area contributed by atoms with Crippen molar-refractivity contribution in [3.8, 4) is 16.3 Å². The summed E-state index contributed by atoms with van der Waals surface area (Å²) in [6.45, 7) is 0.695. The van der Waals surface area contributed by atoms with Gasteiger partial charge in [-0.05, 0) is 35.6 Å². The molecule has 0 aliphatic rings. The van der Waals surface area contributed by atoms with Gasteiger partial charge in [0.25, 0.3) is 0 Å². The number of thiophene rings is 1. The third kappa shape index (κ3) is 4.30. The molecule has 6 heteroatoms. The molecule has 0 aliphatic heterocycles. The van der Waals surface area contributed by atoms with E-state index in [0.717, 1.165) is 21.8 Å². The molecular weight excluding hydrogens is 386 g/mol. The van der Waals surface area contributed by atoms with Gasteiger partial charge in [-0.2, -0.15) is 5.10 Å². The summed E-state index contributed by atoms with van der Waals surface area (Å²) in [5, 5.41) is 18.8. The Morgan fingerprint density at radius 3 is 2.54 bits per heavy atom. The van der Waals surface area contributed by atoms with Gasteiger partial charge in [0, 0.05) is 17.5 Å². The molecule has 0 fully saturated rings. The summed E-state index contributed by atoms with van der Waals surface area (Å²) in [4.78, 5) is 6.75. The number of benzene rings is 2. The van der Waals surface area contributed by atoms with Crippen LogP contribution in [0.15, 0.2) is 87.6 Å². The van der Waals surface area contributed by atoms with Gasteiger partial charge in [0.05, 0.1) is 16.8 Å². The Hall–Kier alpha value is -2.96. The number of phenols is 1. The Bertz CT molecular complexity index is 1130. The number of nitrogens with zero attached hydrogens (tertiary/aromatic N) is 3. The van der Waals surface area contributed by atoms with E-state index in [4.69, 9.17) is 4.99 Å². The van der Waals surface area contributed by atoms with Crippen LogP contribution in [0.2, 0.25) is 0 Å². The van der Waals surface area contributed by atoms with Crippen LogP contribution in [0.4, 0.5) is 0 Å². The van der Waals surface area contributed by atoms with E-state index >= 15 is 0 Å². The topological polar surface area (TPSA) is 49.9 Å². The van der Waals surface area contributed by atoms with Crippen molar-refractivity contribution in [3.05, 3.63) is 93.4 Å². The summed E-state index contributed by atoms with van der Waals surface area (Å²) in [5.41, 5.74) is 2.95. The van der Waals surface area contributed by atoms with Crippen LogP contribution in [-0.2, 0) is 6.42 Å². The first kappa shape index (κ1) is 18.4. The van der Waals surface area contributed by atoms with E-state index in [1.54, 1.807) is 41.0 Å². The fraction of sp³-hybridized carbons (Fsp3) is 0.0909. The average Bonchev–Trinajstić information content (AvgIpc) is 3.38. The van der Waals surface area contributed by atoms with Crippen molar-refractivity contribution < 1.29 is 5.11 Å². The lowest BCUT2D eigenvalue weighted by molar-refractivity contribution is 0.474. The fourth-order valence-corrected chi connectivity index (χ4v) is 4.41. The van der Waals surface area contributed by atoms with Gasteiger partial charge in [-0.25, -0.2) is 4.68 Å². The first-order valence-electron chi connectivity index (χ1n) is 8.92. The van der Waals surface area contributed by atoms with Gasteiger partial charge in [0.2, 0.25) is 4.80 Å². The lowest BCUT2D eigenvalue weighted by Gasteiger charge is -2.02. The molecule has 4 rings (SSSR count). The highest BCUT2D eigenvalue weighted by molar-refractivity contribution is 7.14. The minimum atomic E-state index is 0.210. The number of aromatic nitrogens is 1. The summed E-state index contributed by atoms with van der Waals surface area (Å²) < 4.78 is 1.86. The number of hydrogen-bond acceptors (Lipinski definition) is 5. The monoisotopic (exact) mass is 405 g/mol. The Morgan fingerprint density at radius 1 is 0.929 bits per heavy atom. The van der Waals surface area contributed by atoms with Crippen molar-refractivity contribution in [1.29, 1.82) is 0 Å². The zero-order valence-corrected chi connectivity index (χ0v) is 16.7. The van der Waals surface area contributed by atoms with Gasteiger partial charge in [0.1, 0.15) is 5.75 Å². The zero-order chi connectivity index (χ0) is 19.2. The van der Waals surface area contributed by atoms with E-state index in [0.29, 0.717) is 12.1 Å². The fourth-order valence-electron chi connectivity index (χ4n) is 2.76. The Kier molecular flexibility index (Phi) is 5.80. The third-order valence-corrected chi connectivity index (χ3v) is 5.94. The van der Waals surface area contributed by atoms with E-state index in [1.807, 2.05) is 41.1 Å². The Balaban J connectivity index is 1.66. The number of phenolic OH excluding ortho intramolecular Hbond substituents is 1. The van der Waals surface area contributed by atoms with Gasteiger partial charge >= 0.3 is 0 Å². The van der Waals surface area contributed by atoms with Crippen molar-refractivity contribution in [2.75, 3.05) is 6.54 Å². The molecule has 140 valence electrons. The predicted molar refractivity (Wildman–Crippen MR) is 117 cm³/mol. The van der Waals surface area contributed by atoms with E-state index in [1.165, 1.54) is 5.56 Å². The summed E-state index contributed by atoms with van der Waals surface area (Å²) in [6, 6.07) is 21.6. The average molecular weight is 406 g/mol. The van der Waals surface area contributed by atoms with E-state index < -0.39 is 0 Å². The van der Waals surface area contributed by atoms with Crippen molar-refractivity contribution in [2.24, 2.45) is 10.1 Å². The zero-order valence-electron chi connectivity index (χ0n) is 15.1. The van der Waals surface area contributed by atoms with Crippen molar-refractivity contribution in [1.82, 2.24) is 4.68 Å². The molecule has 2 heterocycles. The molecule has 28 heavy (non-hydrogen) atoms. The maximum atomic E-state index is 10.0. The summed E-state index contributed by atoms with van der Waals surface area (Å²) >= 11 is 3.25. The van der Waals surface area contributed by atoms with Crippen LogP contribution in [0.25, 0.3) is 10.6 Å². The minimum absolute atomic E-state index is 0.210. The van der Waals surface area contributed by atoms with Crippen LogP contribution < -0.4 is 4.80 Å². The largest absolute Gasteiger partial charge is 0.507 e. The second-order valence-electron chi connectivity index (χ2n) is 6.11. The lowest BCUT2D eigenvalue weighted by Crippen LogP contribution is -2.13. The smallest absolute Gasteiger partial charge is 0.206 e. The van der Waals surface area contributed by atoms with Crippen LogP contribution in [0, 0.1) is 0 Å². The van der Waals surface area contributed by atoms with Crippen LogP contribution in [0.3, 0.4) is 0 Å². The molecule has 0 amide bonds. The summed E-state index contributed by atoms with van der Waals surface area (Å²) in [7, 11) is 0. The highest BCUT2D eigenvalue weighted by atomic mass is 32.1. The van der Waals surface area contributed by atoms with Gasteiger partial charge in [0.15, 0.2) is 0 Å². The molecule has 4 aromatic rings. The van der Waals surface area contributed by atoms with Crippen LogP contribution in [-0.4, -0.2) is 22.5 Å². The van der Waals surface area contributed by atoms with E-state index in [-0.39, 0.29) is 5.75 Å². The number of hydrogen-bond donors (Lipinski definition) is 1. The van der Waals surface area contributed by atoms with Crippen molar-refractivity contribution in [2.45, 2.75) is 6.42 Å². The normalized spacial score (nSPS) is 12.1. The first-order valence-corrected chi connectivity index (χ1v) is 10.7. The molecule has 2 aromatic heterocycles. The summed E-state index contributed by atoms with van der Waals surface area (Å²) in [5.74, 6) is 0.210. The molecule has 0 saturated heterocycles. The minimum Gasteiger partial charge on any atom is -0.507 e. The molecule has 0 bridgehead atoms. The Morgan fingerprint density at radius 2 is 1.75 bits per heavy atom. The van der Waals surface area contributed by atoms with Crippen molar-refractivity contribution >= 4 is 28.9 Å². The van der Waals surface area contributed by atoms with Crippen LogP contribution in [0.5, 0.6) is 5.75 Å². The highest BCUT2D eigenvalue weighted by Gasteiger charge is 2.08. The van der Waals surface area contributed by atoms with Gasteiger partial charge < -0.3 is 5.11 Å². The molecule has 4 nitrogen and oxygen atoms in total. The molecule has 0 aliphatic carbocycles. The molecule has 1 N–H and O–H groups in total. The molecule has 0 spiro atoms. The van der Waals surface area contributed by atoms with Crippen LogP contribution >= 0.6 is 22.7 Å². The number of aromatic hydroxyl groups is 1. The predicted octanol–water partition coefficient (Wildman–Crippen LogP) is 5.01. The maximum absolute atomic E-state index is 10.0. The molecule has 0 radical (unpaired) electrons. The molecular formula is C22H19N3OS2. The molecule has 2 aromatic carbocycles. The Labute approximate surface area is 171 Å². The van der Waals surface area contributed by atoms with Crippen molar-refractivity contribution in [3.63, 3.8) is 0 Å². The first-order chi connectivity index (χ1) is 13.8. The van der Waals surface area contributed by atoms with Crippen LogP contribution in [0.1, 0.15) is 11.1 Å². The van der Waals surface area contributed by atoms with Gasteiger partial charge in [-0.3, -0.25) is 4.99 Å². The quantitative estimate of drug-likeness (QED) is 0.451. The molecule has 0 atom stereocenters. The summed E-state index contributed by atoms with van der Waals surface area (Å²) in [6.07, 6.45) is 2.56.